The molecule has 170 valence electrons. The smallest absolute Gasteiger partial charge is 0.264 e. The Labute approximate surface area is 202 Å². The Bertz CT molecular complexity index is 1380. The monoisotopic (exact) mass is 471 g/mol. The van der Waals surface area contributed by atoms with Gasteiger partial charge in [-0.15, -0.1) is 0 Å². The van der Waals surface area contributed by atoms with Crippen molar-refractivity contribution in [1.29, 1.82) is 0 Å². The Hall–Kier alpha value is -3.67. The molecule has 0 bridgehead atoms. The molecule has 5 nitrogen and oxygen atoms in total. The van der Waals surface area contributed by atoms with E-state index in [0.717, 1.165) is 10.8 Å². The maximum absolute atomic E-state index is 13.4. The molecule has 5 rings (SSSR count). The summed E-state index contributed by atoms with van der Waals surface area (Å²) < 4.78 is 5.74. The van der Waals surface area contributed by atoms with Gasteiger partial charge in [0.2, 0.25) is 0 Å². The first-order valence-electron chi connectivity index (χ1n) is 11.0. The highest BCUT2D eigenvalue weighted by Crippen LogP contribution is 2.42. The number of anilines is 1. The van der Waals surface area contributed by atoms with Crippen LogP contribution in [0, 0.1) is 0 Å². The number of carbonyl (C=O) groups is 2. The maximum atomic E-state index is 13.4. The first-order valence-corrected chi connectivity index (χ1v) is 11.4. The van der Waals surface area contributed by atoms with Crippen LogP contribution < -0.4 is 9.64 Å². The van der Waals surface area contributed by atoms with Crippen LogP contribution in [0.2, 0.25) is 5.02 Å². The summed E-state index contributed by atoms with van der Waals surface area (Å²) in [5.74, 6) is -0.190. The third-order valence-electron chi connectivity index (χ3n) is 6.12. The van der Waals surface area contributed by atoms with Gasteiger partial charge in [-0.1, -0.05) is 66.2 Å². The molecule has 1 unspecified atom stereocenters. The fraction of sp³-hybridized carbons (Fsp3) is 0.143. The average Bonchev–Trinajstić information content (AvgIpc) is 3.06. The van der Waals surface area contributed by atoms with Gasteiger partial charge in [0.25, 0.3) is 5.91 Å². The maximum Gasteiger partial charge on any atom is 0.264 e. The number of para-hydroxylation sites is 1. The summed E-state index contributed by atoms with van der Waals surface area (Å²) in [6.07, 6.45) is -0.338. The van der Waals surface area contributed by atoms with Crippen molar-refractivity contribution in [2.45, 2.75) is 12.0 Å². The SMILES string of the molecule is O=C(CC1(O)C(=O)N(CCOc2ccc(Cl)cc2)c2ccccc21)c1ccc2ccccc2c1. The zero-order chi connectivity index (χ0) is 23.7. The molecule has 0 saturated heterocycles. The van der Waals surface area contributed by atoms with Gasteiger partial charge in [0.15, 0.2) is 11.4 Å². The van der Waals surface area contributed by atoms with Gasteiger partial charge in [-0.2, -0.15) is 0 Å². The van der Waals surface area contributed by atoms with E-state index in [1.807, 2.05) is 30.3 Å². The number of ether oxygens (including phenoxy) is 1. The number of carbonyl (C=O) groups excluding carboxylic acids is 2. The zero-order valence-electron chi connectivity index (χ0n) is 18.3. The second-order valence-electron chi connectivity index (χ2n) is 8.30. The van der Waals surface area contributed by atoms with Gasteiger partial charge in [0.05, 0.1) is 18.7 Å². The molecular formula is C28H22ClNO4. The second kappa shape index (κ2) is 8.93. The number of hydrogen-bond acceptors (Lipinski definition) is 4. The number of rotatable bonds is 7. The van der Waals surface area contributed by atoms with Gasteiger partial charge in [0, 0.05) is 16.1 Å². The number of hydrogen-bond donors (Lipinski definition) is 1. The highest BCUT2D eigenvalue weighted by molar-refractivity contribution is 6.30. The lowest BCUT2D eigenvalue weighted by Gasteiger charge is -2.23. The first kappa shape index (κ1) is 22.1. The summed E-state index contributed by atoms with van der Waals surface area (Å²) in [5.41, 5.74) is -0.455. The zero-order valence-corrected chi connectivity index (χ0v) is 19.0. The molecule has 6 heteroatoms. The fourth-order valence-electron chi connectivity index (χ4n) is 4.38. The summed E-state index contributed by atoms with van der Waals surface area (Å²) >= 11 is 5.91. The van der Waals surface area contributed by atoms with E-state index in [1.165, 1.54) is 4.90 Å². The number of Topliss-reactive ketones (excluding diaryl/α,β-unsaturated/α-hetero) is 1. The van der Waals surface area contributed by atoms with Crippen LogP contribution in [0.4, 0.5) is 5.69 Å². The molecule has 0 saturated carbocycles. The standard InChI is InChI=1S/C28H22ClNO4/c29-22-11-13-23(14-12-22)34-16-15-30-25-8-4-3-7-24(25)28(33,27(30)32)18-26(31)21-10-9-19-5-1-2-6-20(19)17-21/h1-14,17,33H,15-16,18H2. The number of nitrogens with zero attached hydrogens (tertiary/aromatic N) is 1. The van der Waals surface area contributed by atoms with E-state index in [4.69, 9.17) is 16.3 Å². The summed E-state index contributed by atoms with van der Waals surface area (Å²) in [6, 6.07) is 27.1. The largest absolute Gasteiger partial charge is 0.492 e. The van der Waals surface area contributed by atoms with Crippen molar-refractivity contribution in [2.75, 3.05) is 18.1 Å². The van der Waals surface area contributed by atoms with Crippen molar-refractivity contribution in [1.82, 2.24) is 0 Å². The molecular weight excluding hydrogens is 450 g/mol. The van der Waals surface area contributed by atoms with Crippen molar-refractivity contribution in [2.24, 2.45) is 0 Å². The molecule has 0 aliphatic carbocycles. The van der Waals surface area contributed by atoms with Crippen LogP contribution in [0.1, 0.15) is 22.3 Å². The average molecular weight is 472 g/mol. The molecule has 1 heterocycles. The summed E-state index contributed by atoms with van der Waals surface area (Å²) in [4.78, 5) is 28.1. The fourth-order valence-corrected chi connectivity index (χ4v) is 4.51. The Morgan fingerprint density at radius 1 is 0.912 bits per heavy atom. The third-order valence-corrected chi connectivity index (χ3v) is 6.38. The van der Waals surface area contributed by atoms with Crippen LogP contribution in [0.3, 0.4) is 0 Å². The van der Waals surface area contributed by atoms with Crippen LogP contribution in [0.15, 0.2) is 91.0 Å². The Morgan fingerprint density at radius 2 is 1.62 bits per heavy atom. The topological polar surface area (TPSA) is 66.8 Å². The predicted octanol–water partition coefficient (Wildman–Crippen LogP) is 5.38. The van der Waals surface area contributed by atoms with Gasteiger partial charge in [-0.05, 0) is 47.2 Å². The van der Waals surface area contributed by atoms with E-state index in [9.17, 15) is 14.7 Å². The van der Waals surface area contributed by atoms with E-state index in [2.05, 4.69) is 0 Å². The van der Waals surface area contributed by atoms with Crippen molar-refractivity contribution in [3.63, 3.8) is 0 Å². The van der Waals surface area contributed by atoms with Gasteiger partial charge >= 0.3 is 0 Å². The number of halogens is 1. The normalized spacial score (nSPS) is 17.1. The van der Waals surface area contributed by atoms with Crippen LogP contribution in [-0.2, 0) is 10.4 Å². The Morgan fingerprint density at radius 3 is 2.41 bits per heavy atom. The minimum absolute atomic E-state index is 0.219. The molecule has 0 fully saturated rings. The molecule has 1 N–H and O–H groups in total. The van der Waals surface area contributed by atoms with Crippen LogP contribution in [0.5, 0.6) is 5.75 Å². The predicted molar refractivity (Wildman–Crippen MR) is 133 cm³/mol. The molecule has 34 heavy (non-hydrogen) atoms. The highest BCUT2D eigenvalue weighted by Gasteiger charge is 2.50. The van der Waals surface area contributed by atoms with E-state index in [1.54, 1.807) is 60.7 Å². The molecule has 4 aromatic rings. The van der Waals surface area contributed by atoms with Crippen molar-refractivity contribution < 1.29 is 19.4 Å². The summed E-state index contributed by atoms with van der Waals surface area (Å²) in [6.45, 7) is 0.446. The quantitative estimate of drug-likeness (QED) is 0.367. The van der Waals surface area contributed by atoms with Gasteiger partial charge in [-0.25, -0.2) is 0 Å². The number of ketones is 1. The lowest BCUT2D eigenvalue weighted by atomic mass is 9.88. The summed E-state index contributed by atoms with van der Waals surface area (Å²) in [5, 5.41) is 14.1. The third kappa shape index (κ3) is 4.04. The van der Waals surface area contributed by atoms with E-state index < -0.39 is 11.5 Å². The van der Waals surface area contributed by atoms with Gasteiger partial charge < -0.3 is 14.7 Å². The van der Waals surface area contributed by atoms with Crippen LogP contribution >= 0.6 is 11.6 Å². The number of amides is 1. The molecule has 0 spiro atoms. The van der Waals surface area contributed by atoms with E-state index in [0.29, 0.717) is 27.6 Å². The molecule has 1 atom stereocenters. The molecule has 1 amide bonds. The number of benzene rings is 4. The molecule has 0 radical (unpaired) electrons. The first-order chi connectivity index (χ1) is 16.5. The van der Waals surface area contributed by atoms with Crippen molar-refractivity contribution in [3.8, 4) is 5.75 Å². The Kier molecular flexibility index (Phi) is 5.82. The summed E-state index contributed by atoms with van der Waals surface area (Å²) in [7, 11) is 0. The lowest BCUT2D eigenvalue weighted by molar-refractivity contribution is -0.135. The van der Waals surface area contributed by atoms with Crippen LogP contribution in [0.25, 0.3) is 10.8 Å². The highest BCUT2D eigenvalue weighted by atomic mass is 35.5. The second-order valence-corrected chi connectivity index (χ2v) is 8.73. The minimum Gasteiger partial charge on any atom is -0.492 e. The van der Waals surface area contributed by atoms with Gasteiger partial charge in [0.1, 0.15) is 12.4 Å². The van der Waals surface area contributed by atoms with E-state index >= 15 is 0 Å². The van der Waals surface area contributed by atoms with Crippen molar-refractivity contribution >= 4 is 39.8 Å². The van der Waals surface area contributed by atoms with Crippen LogP contribution in [-0.4, -0.2) is 29.9 Å². The molecule has 0 aromatic heterocycles. The van der Waals surface area contributed by atoms with Crippen molar-refractivity contribution in [3.05, 3.63) is 107 Å². The molecule has 1 aliphatic heterocycles. The Balaban J connectivity index is 1.36. The lowest BCUT2D eigenvalue weighted by Crippen LogP contribution is -2.43. The minimum atomic E-state index is -1.93. The van der Waals surface area contributed by atoms with Gasteiger partial charge in [-0.3, -0.25) is 9.59 Å². The molecule has 1 aliphatic rings. The number of fused-ring (bicyclic) bond motifs is 2. The number of aliphatic hydroxyl groups is 1. The van der Waals surface area contributed by atoms with E-state index in [-0.39, 0.29) is 25.4 Å². The molecule has 4 aromatic carbocycles.